The Morgan fingerprint density at radius 1 is 0.919 bits per heavy atom. The molecule has 11 nitrogen and oxygen atoms in total. The van der Waals surface area contributed by atoms with Gasteiger partial charge in [0, 0.05) is 25.9 Å². The van der Waals surface area contributed by atoms with Crippen LogP contribution in [0.15, 0.2) is 18.2 Å². The second kappa shape index (κ2) is 14.6. The topological polar surface area (TPSA) is 138 Å². The van der Waals surface area contributed by atoms with Crippen molar-refractivity contribution in [3.63, 3.8) is 0 Å². The molecule has 0 saturated carbocycles. The van der Waals surface area contributed by atoms with E-state index in [1.54, 1.807) is 12.1 Å². The van der Waals surface area contributed by atoms with Crippen LogP contribution in [-0.4, -0.2) is 86.6 Å². The largest absolute Gasteiger partial charge is 0.493 e. The summed E-state index contributed by atoms with van der Waals surface area (Å²) in [5.41, 5.74) is 0.286. The molecule has 0 aliphatic carbocycles. The van der Waals surface area contributed by atoms with E-state index < -0.39 is 29.7 Å². The minimum absolute atomic E-state index is 0.0569. The van der Waals surface area contributed by atoms with Crippen LogP contribution in [0, 0.1) is 0 Å². The van der Waals surface area contributed by atoms with E-state index in [2.05, 4.69) is 5.32 Å². The molecule has 37 heavy (non-hydrogen) atoms. The zero-order valence-electron chi connectivity index (χ0n) is 21.1. The Labute approximate surface area is 215 Å². The van der Waals surface area contributed by atoms with Crippen LogP contribution in [-0.2, 0) is 28.6 Å². The van der Waals surface area contributed by atoms with Gasteiger partial charge in [0.25, 0.3) is 11.8 Å². The lowest BCUT2D eigenvalue weighted by Gasteiger charge is -2.27. The van der Waals surface area contributed by atoms with Gasteiger partial charge >= 0.3 is 0 Å². The molecule has 2 heterocycles. The molecule has 11 heteroatoms. The number of fused-ring (bicyclic) bond motifs is 1. The van der Waals surface area contributed by atoms with Gasteiger partial charge in [0.2, 0.25) is 11.8 Å². The van der Waals surface area contributed by atoms with E-state index in [0.29, 0.717) is 65.3 Å². The fourth-order valence-corrected chi connectivity index (χ4v) is 4.11. The lowest BCUT2D eigenvalue weighted by Crippen LogP contribution is -2.54. The van der Waals surface area contributed by atoms with E-state index in [0.717, 1.165) is 4.90 Å². The van der Waals surface area contributed by atoms with Crippen LogP contribution in [0.1, 0.15) is 66.2 Å². The number of rotatable bonds is 17. The van der Waals surface area contributed by atoms with Crippen molar-refractivity contribution in [1.29, 1.82) is 0 Å². The fourth-order valence-electron chi connectivity index (χ4n) is 4.11. The number of nitrogens with zero attached hydrogens (tertiary/aromatic N) is 1. The Hall–Kier alpha value is -3.15. The SMILES string of the molecule is CCOCCOCCOCCC(=O)CCCCOc1cccc2c1C(=O)N(C1CCC(=O)NC1=O)C2=O. The molecule has 4 amide bonds. The minimum Gasteiger partial charge on any atom is -0.493 e. The Kier molecular flexibility index (Phi) is 11.2. The van der Waals surface area contributed by atoms with Crippen molar-refractivity contribution in [2.24, 2.45) is 0 Å². The van der Waals surface area contributed by atoms with E-state index in [-0.39, 0.29) is 42.1 Å². The normalized spacial score (nSPS) is 17.2. The summed E-state index contributed by atoms with van der Waals surface area (Å²) < 4.78 is 21.7. The number of amides is 4. The van der Waals surface area contributed by atoms with Gasteiger partial charge in [-0.05, 0) is 38.3 Å². The number of carbonyl (C=O) groups is 5. The molecule has 0 aromatic heterocycles. The lowest BCUT2D eigenvalue weighted by molar-refractivity contribution is -0.136. The molecule has 1 N–H and O–H groups in total. The predicted octanol–water partition coefficient (Wildman–Crippen LogP) is 1.67. The van der Waals surface area contributed by atoms with Crippen LogP contribution in [0.4, 0.5) is 0 Å². The number of hydrogen-bond acceptors (Lipinski definition) is 9. The molecule has 2 aliphatic rings. The van der Waals surface area contributed by atoms with E-state index in [1.807, 2.05) is 6.92 Å². The first kappa shape index (κ1) is 28.4. The van der Waals surface area contributed by atoms with Crippen LogP contribution in [0.2, 0.25) is 0 Å². The van der Waals surface area contributed by atoms with Crippen LogP contribution in [0.5, 0.6) is 5.75 Å². The van der Waals surface area contributed by atoms with Gasteiger partial charge in [0.05, 0.1) is 50.8 Å². The van der Waals surface area contributed by atoms with Crippen molar-refractivity contribution in [3.8, 4) is 5.75 Å². The predicted molar refractivity (Wildman–Crippen MR) is 130 cm³/mol. The molecule has 1 atom stereocenters. The second-order valence-electron chi connectivity index (χ2n) is 8.64. The number of Topliss-reactive ketones (excluding diaryl/α,β-unsaturated/α-hetero) is 1. The molecule has 0 bridgehead atoms. The number of nitrogens with one attached hydrogen (secondary N) is 1. The summed E-state index contributed by atoms with van der Waals surface area (Å²) >= 11 is 0. The average Bonchev–Trinajstić information content (AvgIpc) is 3.13. The first-order valence-corrected chi connectivity index (χ1v) is 12.7. The van der Waals surface area contributed by atoms with Gasteiger partial charge in [-0.2, -0.15) is 0 Å². The monoisotopic (exact) mass is 518 g/mol. The van der Waals surface area contributed by atoms with E-state index in [9.17, 15) is 24.0 Å². The Bertz CT molecular complexity index is 994. The van der Waals surface area contributed by atoms with Gasteiger partial charge in [0.15, 0.2) is 0 Å². The van der Waals surface area contributed by atoms with Gasteiger partial charge in [-0.15, -0.1) is 0 Å². The van der Waals surface area contributed by atoms with Gasteiger partial charge in [-0.1, -0.05) is 6.07 Å². The van der Waals surface area contributed by atoms with E-state index >= 15 is 0 Å². The summed E-state index contributed by atoms with van der Waals surface area (Å²) in [6.07, 6.45) is 2.08. The molecule has 1 aromatic rings. The number of ether oxygens (including phenoxy) is 4. The molecular formula is C26H34N2O9. The number of piperidine rings is 1. The number of benzene rings is 1. The van der Waals surface area contributed by atoms with Crippen LogP contribution in [0.25, 0.3) is 0 Å². The fraction of sp³-hybridized carbons (Fsp3) is 0.577. The van der Waals surface area contributed by atoms with Gasteiger partial charge in [0.1, 0.15) is 17.6 Å². The van der Waals surface area contributed by atoms with Crippen molar-refractivity contribution in [2.45, 2.75) is 51.5 Å². The minimum atomic E-state index is -1.03. The number of carbonyl (C=O) groups excluding carboxylic acids is 5. The highest BCUT2D eigenvalue weighted by molar-refractivity contribution is 6.24. The van der Waals surface area contributed by atoms with Gasteiger partial charge in [-0.3, -0.25) is 34.2 Å². The average molecular weight is 519 g/mol. The van der Waals surface area contributed by atoms with Crippen molar-refractivity contribution < 1.29 is 42.9 Å². The Morgan fingerprint density at radius 2 is 1.65 bits per heavy atom. The summed E-state index contributed by atoms with van der Waals surface area (Å²) in [7, 11) is 0. The molecule has 0 spiro atoms. The maximum Gasteiger partial charge on any atom is 0.266 e. The molecular weight excluding hydrogens is 484 g/mol. The lowest BCUT2D eigenvalue weighted by atomic mass is 10.0. The number of hydrogen-bond donors (Lipinski definition) is 1. The summed E-state index contributed by atoms with van der Waals surface area (Å²) in [6, 6.07) is 3.70. The van der Waals surface area contributed by atoms with Crippen LogP contribution >= 0.6 is 0 Å². The molecule has 0 radical (unpaired) electrons. The summed E-state index contributed by atoms with van der Waals surface area (Å²) in [5.74, 6) is -1.92. The quantitative estimate of drug-likeness (QED) is 0.241. The highest BCUT2D eigenvalue weighted by Gasteiger charge is 2.45. The highest BCUT2D eigenvalue weighted by atomic mass is 16.5. The third kappa shape index (κ3) is 7.91. The molecule has 1 saturated heterocycles. The molecule has 1 aromatic carbocycles. The number of ketones is 1. The van der Waals surface area contributed by atoms with Crippen LogP contribution < -0.4 is 10.1 Å². The van der Waals surface area contributed by atoms with Crippen molar-refractivity contribution in [2.75, 3.05) is 46.2 Å². The zero-order chi connectivity index (χ0) is 26.6. The van der Waals surface area contributed by atoms with Gasteiger partial charge in [-0.25, -0.2) is 0 Å². The second-order valence-corrected chi connectivity index (χ2v) is 8.64. The van der Waals surface area contributed by atoms with E-state index in [1.165, 1.54) is 6.07 Å². The maximum absolute atomic E-state index is 13.0. The highest BCUT2D eigenvalue weighted by Crippen LogP contribution is 2.33. The first-order chi connectivity index (χ1) is 17.9. The molecule has 3 rings (SSSR count). The third-order valence-electron chi connectivity index (χ3n) is 6.01. The third-order valence-corrected chi connectivity index (χ3v) is 6.01. The first-order valence-electron chi connectivity index (χ1n) is 12.7. The summed E-state index contributed by atoms with van der Waals surface area (Å²) in [4.78, 5) is 62.5. The van der Waals surface area contributed by atoms with E-state index in [4.69, 9.17) is 18.9 Å². The Morgan fingerprint density at radius 3 is 2.38 bits per heavy atom. The van der Waals surface area contributed by atoms with Crippen LogP contribution in [0.3, 0.4) is 0 Å². The molecule has 1 fully saturated rings. The zero-order valence-corrected chi connectivity index (χ0v) is 21.1. The number of unbranched alkanes of at least 4 members (excludes halogenated alkanes) is 1. The van der Waals surface area contributed by atoms with Crippen molar-refractivity contribution in [3.05, 3.63) is 29.3 Å². The Balaban J connectivity index is 1.36. The molecule has 1 unspecified atom stereocenters. The maximum atomic E-state index is 13.0. The molecule has 2 aliphatic heterocycles. The molecule has 202 valence electrons. The standard InChI is InChI=1S/C26H34N2O9/c1-2-34-14-15-36-17-16-35-13-11-18(29)6-3-4-12-37-21-8-5-7-19-23(21)26(33)28(25(19)32)20-9-10-22(30)27-24(20)31/h5,7-8,20H,2-4,6,9-17H2,1H3,(H,27,30,31). The smallest absolute Gasteiger partial charge is 0.266 e. The summed E-state index contributed by atoms with van der Waals surface area (Å²) in [5, 5.41) is 2.18. The van der Waals surface area contributed by atoms with Crippen molar-refractivity contribution in [1.82, 2.24) is 10.2 Å². The summed E-state index contributed by atoms with van der Waals surface area (Å²) in [6.45, 7) is 5.16. The van der Waals surface area contributed by atoms with Crippen molar-refractivity contribution >= 4 is 29.4 Å². The van der Waals surface area contributed by atoms with Gasteiger partial charge < -0.3 is 18.9 Å². The number of imide groups is 2.